The van der Waals surface area contributed by atoms with Gasteiger partial charge in [-0.3, -0.25) is 14.4 Å². The molecule has 0 unspecified atom stereocenters. The Kier molecular flexibility index (Phi) is 6.29. The summed E-state index contributed by atoms with van der Waals surface area (Å²) in [5.74, 6) is -0.401. The first-order valence-electron chi connectivity index (χ1n) is 8.88. The molecular weight excluding hydrogens is 330 g/mol. The highest BCUT2D eigenvalue weighted by Gasteiger charge is 2.30. The molecule has 1 aromatic carbocycles. The summed E-state index contributed by atoms with van der Waals surface area (Å²) in [6.07, 6.45) is 1.64. The molecule has 0 heterocycles. The van der Waals surface area contributed by atoms with Gasteiger partial charge in [0.2, 0.25) is 11.8 Å². The van der Waals surface area contributed by atoms with Crippen molar-refractivity contribution in [2.24, 2.45) is 10.5 Å². The molecule has 26 heavy (non-hydrogen) atoms. The number of benzene rings is 1. The minimum Gasteiger partial charge on any atom is -0.326 e. The molecule has 1 aromatic rings. The van der Waals surface area contributed by atoms with E-state index in [1.54, 1.807) is 0 Å². The Morgan fingerprint density at radius 3 is 2.50 bits per heavy atom. The number of Topliss-reactive ketones (excluding diaryl/α,β-unsaturated/α-hetero) is 1. The maximum Gasteiger partial charge on any atom is 0.240 e. The van der Waals surface area contributed by atoms with Crippen LogP contribution in [0.25, 0.3) is 0 Å². The van der Waals surface area contributed by atoms with E-state index in [0.29, 0.717) is 18.6 Å². The number of hydrogen-bond acceptors (Lipinski definition) is 4. The van der Waals surface area contributed by atoms with Crippen molar-refractivity contribution in [3.63, 3.8) is 0 Å². The van der Waals surface area contributed by atoms with Crippen LogP contribution < -0.4 is 10.7 Å². The van der Waals surface area contributed by atoms with Crippen molar-refractivity contribution in [2.75, 3.05) is 5.32 Å². The number of anilines is 1. The number of hydrogen-bond donors (Lipinski definition) is 2. The molecule has 1 aliphatic rings. The molecule has 2 amide bonds. The molecule has 1 saturated carbocycles. The first-order chi connectivity index (χ1) is 12.1. The fraction of sp³-hybridized carbons (Fsp3) is 0.500. The molecule has 2 rings (SSSR count). The maximum atomic E-state index is 12.0. The lowest BCUT2D eigenvalue weighted by Crippen LogP contribution is -2.31. The number of rotatable bonds is 5. The normalized spacial score (nSPS) is 17.8. The first kappa shape index (κ1) is 19.8. The third-order valence-corrected chi connectivity index (χ3v) is 4.34. The smallest absolute Gasteiger partial charge is 0.240 e. The molecule has 6 nitrogen and oxygen atoms in total. The largest absolute Gasteiger partial charge is 0.326 e. The molecule has 2 N–H and O–H groups in total. The Labute approximate surface area is 154 Å². The number of nitrogens with zero attached hydrogens (tertiary/aromatic N) is 1. The summed E-state index contributed by atoms with van der Waals surface area (Å²) in [4.78, 5) is 35.7. The van der Waals surface area contributed by atoms with Crippen LogP contribution in [0.15, 0.2) is 23.3 Å². The third-order valence-electron chi connectivity index (χ3n) is 4.34. The molecule has 0 spiro atoms. The molecule has 0 atom stereocenters. The summed E-state index contributed by atoms with van der Waals surface area (Å²) in [6, 6.07) is 5.83. The fourth-order valence-electron chi connectivity index (χ4n) is 3.09. The lowest BCUT2D eigenvalue weighted by Gasteiger charge is -2.28. The highest BCUT2D eigenvalue weighted by Crippen LogP contribution is 2.31. The van der Waals surface area contributed by atoms with Crippen LogP contribution in [0.5, 0.6) is 0 Å². The van der Waals surface area contributed by atoms with E-state index in [4.69, 9.17) is 0 Å². The highest BCUT2D eigenvalue weighted by atomic mass is 16.2. The quantitative estimate of drug-likeness (QED) is 0.793. The van der Waals surface area contributed by atoms with Gasteiger partial charge in [-0.2, -0.15) is 5.10 Å². The predicted octanol–water partition coefficient (Wildman–Crippen LogP) is 3.27. The van der Waals surface area contributed by atoms with Crippen molar-refractivity contribution in [1.82, 2.24) is 5.43 Å². The number of ketones is 1. The van der Waals surface area contributed by atoms with E-state index < -0.39 is 0 Å². The van der Waals surface area contributed by atoms with Gasteiger partial charge in [-0.1, -0.05) is 26.0 Å². The van der Waals surface area contributed by atoms with Gasteiger partial charge in [0.15, 0.2) is 0 Å². The van der Waals surface area contributed by atoms with E-state index in [1.807, 2.05) is 45.9 Å². The second kappa shape index (κ2) is 8.25. The van der Waals surface area contributed by atoms with Crippen molar-refractivity contribution >= 4 is 29.0 Å². The molecule has 0 bridgehead atoms. The zero-order valence-electron chi connectivity index (χ0n) is 15.9. The van der Waals surface area contributed by atoms with Crippen LogP contribution in [-0.2, 0) is 14.4 Å². The second-order valence-corrected chi connectivity index (χ2v) is 7.81. The number of carbonyl (C=O) groups excluding carboxylic acids is 3. The number of amides is 2. The van der Waals surface area contributed by atoms with Gasteiger partial charge in [0.25, 0.3) is 0 Å². The average Bonchev–Trinajstić information content (AvgIpc) is 2.52. The standard InChI is InChI=1S/C20H27N3O3/c1-13-5-6-14(2)17(9-13)21-18(25)7-8-19(26)23-22-15-10-16(24)12-20(3,4)11-15/h5-6,9H,7-8,10-12H2,1-4H3,(H,21,25)(H,23,26)/b22-15+. The van der Waals surface area contributed by atoms with Crippen molar-refractivity contribution in [1.29, 1.82) is 0 Å². The molecule has 1 fully saturated rings. The summed E-state index contributed by atoms with van der Waals surface area (Å²) < 4.78 is 0. The van der Waals surface area contributed by atoms with Gasteiger partial charge in [-0.15, -0.1) is 0 Å². The fourth-order valence-corrected chi connectivity index (χ4v) is 3.09. The lowest BCUT2D eigenvalue weighted by atomic mass is 9.76. The van der Waals surface area contributed by atoms with E-state index in [0.717, 1.165) is 16.8 Å². The Morgan fingerprint density at radius 2 is 1.81 bits per heavy atom. The van der Waals surface area contributed by atoms with Gasteiger partial charge in [0.1, 0.15) is 5.78 Å². The van der Waals surface area contributed by atoms with Crippen LogP contribution in [0.3, 0.4) is 0 Å². The summed E-state index contributed by atoms with van der Waals surface area (Å²) in [6.45, 7) is 7.90. The Balaban J connectivity index is 1.81. The van der Waals surface area contributed by atoms with E-state index in [9.17, 15) is 14.4 Å². The van der Waals surface area contributed by atoms with Gasteiger partial charge in [0.05, 0.1) is 0 Å². The molecule has 0 saturated heterocycles. The zero-order chi connectivity index (χ0) is 19.3. The summed E-state index contributed by atoms with van der Waals surface area (Å²) in [5.41, 5.74) is 5.84. The van der Waals surface area contributed by atoms with Crippen molar-refractivity contribution in [3.8, 4) is 0 Å². The van der Waals surface area contributed by atoms with E-state index in [2.05, 4.69) is 15.8 Å². The maximum absolute atomic E-state index is 12.0. The molecule has 0 aliphatic heterocycles. The van der Waals surface area contributed by atoms with Gasteiger partial charge in [-0.25, -0.2) is 5.43 Å². The lowest BCUT2D eigenvalue weighted by molar-refractivity contribution is -0.124. The molecule has 6 heteroatoms. The minimum absolute atomic E-state index is 0.0464. The van der Waals surface area contributed by atoms with Crippen LogP contribution in [0.4, 0.5) is 5.69 Å². The molecule has 0 aromatic heterocycles. The number of hydrazone groups is 1. The van der Waals surface area contributed by atoms with Crippen molar-refractivity contribution in [3.05, 3.63) is 29.3 Å². The average molecular weight is 357 g/mol. The third kappa shape index (κ3) is 6.10. The molecule has 0 radical (unpaired) electrons. The van der Waals surface area contributed by atoms with Crippen LogP contribution in [0, 0.1) is 19.3 Å². The minimum atomic E-state index is -0.329. The number of aryl methyl sites for hydroxylation is 2. The summed E-state index contributed by atoms with van der Waals surface area (Å²) in [5, 5.41) is 6.91. The highest BCUT2D eigenvalue weighted by molar-refractivity contribution is 6.05. The van der Waals surface area contributed by atoms with Gasteiger partial charge < -0.3 is 5.32 Å². The van der Waals surface area contributed by atoms with Gasteiger partial charge in [-0.05, 0) is 42.9 Å². The van der Waals surface area contributed by atoms with Crippen LogP contribution in [-0.4, -0.2) is 23.3 Å². The number of carbonyl (C=O) groups is 3. The Bertz CT molecular complexity index is 751. The Hall–Kier alpha value is -2.50. The molecule has 1 aliphatic carbocycles. The number of nitrogens with one attached hydrogen (secondary N) is 2. The SMILES string of the molecule is Cc1ccc(C)c(NC(=O)CCC(=O)N/N=C2\CC(=O)CC(C)(C)C2)c1. The van der Waals surface area contributed by atoms with Gasteiger partial charge in [0, 0.05) is 37.1 Å². The van der Waals surface area contributed by atoms with Crippen LogP contribution in [0.2, 0.25) is 0 Å². The van der Waals surface area contributed by atoms with Crippen LogP contribution in [0.1, 0.15) is 57.1 Å². The predicted molar refractivity (Wildman–Crippen MR) is 102 cm³/mol. The van der Waals surface area contributed by atoms with E-state index in [-0.39, 0.29) is 42.3 Å². The first-order valence-corrected chi connectivity index (χ1v) is 8.88. The monoisotopic (exact) mass is 357 g/mol. The molecular formula is C20H27N3O3. The molecule has 140 valence electrons. The van der Waals surface area contributed by atoms with E-state index in [1.165, 1.54) is 0 Å². The van der Waals surface area contributed by atoms with Gasteiger partial charge >= 0.3 is 0 Å². The zero-order valence-corrected chi connectivity index (χ0v) is 15.9. The summed E-state index contributed by atoms with van der Waals surface area (Å²) >= 11 is 0. The van der Waals surface area contributed by atoms with Crippen molar-refractivity contribution in [2.45, 2.75) is 59.8 Å². The summed E-state index contributed by atoms with van der Waals surface area (Å²) in [7, 11) is 0. The Morgan fingerprint density at radius 1 is 1.12 bits per heavy atom. The second-order valence-electron chi connectivity index (χ2n) is 7.81. The van der Waals surface area contributed by atoms with Crippen LogP contribution >= 0.6 is 0 Å². The van der Waals surface area contributed by atoms with Crippen molar-refractivity contribution < 1.29 is 14.4 Å². The van der Waals surface area contributed by atoms with E-state index >= 15 is 0 Å². The topological polar surface area (TPSA) is 87.6 Å².